The molecule has 1 aromatic carbocycles. The van der Waals surface area contributed by atoms with Gasteiger partial charge in [0.15, 0.2) is 0 Å². The summed E-state index contributed by atoms with van der Waals surface area (Å²) in [5.41, 5.74) is 9.76. The molecule has 15 heavy (non-hydrogen) atoms. The van der Waals surface area contributed by atoms with Crippen LogP contribution in [-0.4, -0.2) is 0 Å². The summed E-state index contributed by atoms with van der Waals surface area (Å²) >= 11 is 6.20. The van der Waals surface area contributed by atoms with Crippen molar-refractivity contribution in [2.75, 3.05) is 0 Å². The highest BCUT2D eigenvalue weighted by Gasteiger charge is 2.17. The second kappa shape index (κ2) is 4.38. The Morgan fingerprint density at radius 1 is 1.40 bits per heavy atom. The monoisotopic (exact) mass is 221 g/mol. The van der Waals surface area contributed by atoms with Gasteiger partial charge in [-0.1, -0.05) is 35.4 Å². The smallest absolute Gasteiger partial charge is 0.0525 e. The maximum Gasteiger partial charge on any atom is 0.0525 e. The van der Waals surface area contributed by atoms with Crippen molar-refractivity contribution < 1.29 is 0 Å². The van der Waals surface area contributed by atoms with Crippen LogP contribution >= 0.6 is 11.6 Å². The van der Waals surface area contributed by atoms with Crippen LogP contribution in [0.5, 0.6) is 0 Å². The molecule has 0 bridgehead atoms. The van der Waals surface area contributed by atoms with Crippen molar-refractivity contribution in [2.45, 2.75) is 32.2 Å². The van der Waals surface area contributed by atoms with Gasteiger partial charge in [0, 0.05) is 5.02 Å². The average molecular weight is 222 g/mol. The molecule has 1 aliphatic rings. The standard InChI is InChI=1S/C13H16ClN/c1-9-6-7-11(12(14)8-9)13(15)10-4-2-3-5-10/h4,6-8,13H,2-3,5,15H2,1H3. The third-order valence-electron chi connectivity index (χ3n) is 2.97. The van der Waals surface area contributed by atoms with Crippen molar-refractivity contribution in [3.05, 3.63) is 46.0 Å². The van der Waals surface area contributed by atoms with Gasteiger partial charge in [0.05, 0.1) is 6.04 Å². The summed E-state index contributed by atoms with van der Waals surface area (Å²) in [5, 5.41) is 0.787. The van der Waals surface area contributed by atoms with Gasteiger partial charge in [0.1, 0.15) is 0 Å². The van der Waals surface area contributed by atoms with Crippen LogP contribution < -0.4 is 5.73 Å². The molecule has 0 spiro atoms. The van der Waals surface area contributed by atoms with Gasteiger partial charge in [-0.3, -0.25) is 0 Å². The van der Waals surface area contributed by atoms with E-state index < -0.39 is 0 Å². The molecule has 0 radical (unpaired) electrons. The van der Waals surface area contributed by atoms with Gasteiger partial charge in [-0.15, -0.1) is 0 Å². The molecule has 0 saturated carbocycles. The summed E-state index contributed by atoms with van der Waals surface area (Å²) in [5.74, 6) is 0. The number of benzene rings is 1. The number of hydrogen-bond acceptors (Lipinski definition) is 1. The molecule has 1 aliphatic carbocycles. The fraction of sp³-hybridized carbons (Fsp3) is 0.385. The van der Waals surface area contributed by atoms with Gasteiger partial charge in [0.25, 0.3) is 0 Å². The normalized spacial score (nSPS) is 17.7. The topological polar surface area (TPSA) is 26.0 Å². The summed E-state index contributed by atoms with van der Waals surface area (Å²) in [6, 6.07) is 6.07. The summed E-state index contributed by atoms with van der Waals surface area (Å²) in [7, 11) is 0. The van der Waals surface area contributed by atoms with Crippen molar-refractivity contribution in [2.24, 2.45) is 5.73 Å². The minimum absolute atomic E-state index is 0.0133. The molecule has 2 N–H and O–H groups in total. The summed E-state index contributed by atoms with van der Waals surface area (Å²) in [6.45, 7) is 2.04. The van der Waals surface area contributed by atoms with Crippen molar-refractivity contribution >= 4 is 11.6 Å². The molecular formula is C13H16ClN. The number of halogens is 1. The SMILES string of the molecule is Cc1ccc(C(N)C2=CCCC2)c(Cl)c1. The Morgan fingerprint density at radius 2 is 2.20 bits per heavy atom. The Balaban J connectivity index is 2.28. The van der Waals surface area contributed by atoms with Gasteiger partial charge < -0.3 is 5.73 Å². The Morgan fingerprint density at radius 3 is 2.80 bits per heavy atom. The van der Waals surface area contributed by atoms with E-state index in [1.165, 1.54) is 17.6 Å². The Labute approximate surface area is 95.9 Å². The molecule has 80 valence electrons. The third kappa shape index (κ3) is 2.24. The van der Waals surface area contributed by atoms with E-state index in [0.717, 1.165) is 23.4 Å². The minimum Gasteiger partial charge on any atom is -0.321 e. The second-order valence-corrected chi connectivity index (χ2v) is 4.58. The first-order valence-electron chi connectivity index (χ1n) is 5.39. The van der Waals surface area contributed by atoms with E-state index in [1.807, 2.05) is 19.1 Å². The van der Waals surface area contributed by atoms with Crippen LogP contribution in [0.2, 0.25) is 5.02 Å². The number of nitrogens with two attached hydrogens (primary N) is 1. The zero-order valence-electron chi connectivity index (χ0n) is 8.96. The lowest BCUT2D eigenvalue weighted by molar-refractivity contribution is 0.785. The fourth-order valence-corrected chi connectivity index (χ4v) is 2.41. The zero-order valence-corrected chi connectivity index (χ0v) is 9.72. The summed E-state index contributed by atoms with van der Waals surface area (Å²) < 4.78 is 0. The highest BCUT2D eigenvalue weighted by molar-refractivity contribution is 6.31. The molecule has 0 aliphatic heterocycles. The quantitative estimate of drug-likeness (QED) is 0.757. The molecule has 1 unspecified atom stereocenters. The lowest BCUT2D eigenvalue weighted by atomic mass is 9.98. The maximum absolute atomic E-state index is 6.20. The largest absolute Gasteiger partial charge is 0.321 e. The molecule has 0 aromatic heterocycles. The molecule has 0 heterocycles. The molecule has 0 saturated heterocycles. The number of allylic oxidation sites excluding steroid dienone is 1. The van der Waals surface area contributed by atoms with Crippen LogP contribution in [0.4, 0.5) is 0 Å². The van der Waals surface area contributed by atoms with Crippen molar-refractivity contribution in [3.8, 4) is 0 Å². The lowest BCUT2D eigenvalue weighted by Gasteiger charge is -2.15. The Kier molecular flexibility index (Phi) is 3.13. The Hall–Kier alpha value is -0.790. The van der Waals surface area contributed by atoms with Crippen molar-refractivity contribution in [1.82, 2.24) is 0 Å². The van der Waals surface area contributed by atoms with Crippen molar-refractivity contribution in [3.63, 3.8) is 0 Å². The number of hydrogen-bond donors (Lipinski definition) is 1. The van der Waals surface area contributed by atoms with E-state index in [-0.39, 0.29) is 6.04 Å². The highest BCUT2D eigenvalue weighted by Crippen LogP contribution is 2.32. The first-order chi connectivity index (χ1) is 7.18. The fourth-order valence-electron chi connectivity index (χ4n) is 2.06. The second-order valence-electron chi connectivity index (χ2n) is 4.17. The van der Waals surface area contributed by atoms with Crippen LogP contribution in [0, 0.1) is 6.92 Å². The van der Waals surface area contributed by atoms with Gasteiger partial charge in [-0.25, -0.2) is 0 Å². The lowest BCUT2D eigenvalue weighted by Crippen LogP contribution is -2.12. The summed E-state index contributed by atoms with van der Waals surface area (Å²) in [6.07, 6.45) is 5.76. The van der Waals surface area contributed by atoms with Gasteiger partial charge in [-0.05, 0) is 43.4 Å². The van der Waals surface area contributed by atoms with Crippen LogP contribution in [-0.2, 0) is 0 Å². The molecule has 2 rings (SSSR count). The predicted octanol–water partition coefficient (Wildman–Crippen LogP) is 3.76. The van der Waals surface area contributed by atoms with Crippen LogP contribution in [0.1, 0.15) is 36.4 Å². The van der Waals surface area contributed by atoms with E-state index >= 15 is 0 Å². The van der Waals surface area contributed by atoms with Crippen LogP contribution in [0.25, 0.3) is 0 Å². The van der Waals surface area contributed by atoms with Crippen LogP contribution in [0.15, 0.2) is 29.8 Å². The van der Waals surface area contributed by atoms with Crippen molar-refractivity contribution in [1.29, 1.82) is 0 Å². The van der Waals surface area contributed by atoms with E-state index in [0.29, 0.717) is 0 Å². The van der Waals surface area contributed by atoms with E-state index in [4.69, 9.17) is 17.3 Å². The molecule has 0 amide bonds. The number of rotatable bonds is 2. The highest BCUT2D eigenvalue weighted by atomic mass is 35.5. The average Bonchev–Trinajstić information content (AvgIpc) is 2.69. The molecule has 1 aromatic rings. The van der Waals surface area contributed by atoms with Gasteiger partial charge in [0.2, 0.25) is 0 Å². The Bertz CT molecular complexity index is 396. The molecule has 1 nitrogen and oxygen atoms in total. The van der Waals surface area contributed by atoms with Crippen LogP contribution in [0.3, 0.4) is 0 Å². The van der Waals surface area contributed by atoms with E-state index in [9.17, 15) is 0 Å². The van der Waals surface area contributed by atoms with E-state index in [2.05, 4.69) is 12.1 Å². The third-order valence-corrected chi connectivity index (χ3v) is 3.29. The minimum atomic E-state index is -0.0133. The molecule has 0 fully saturated rings. The zero-order chi connectivity index (χ0) is 10.8. The first kappa shape index (κ1) is 10.7. The van der Waals surface area contributed by atoms with Gasteiger partial charge in [-0.2, -0.15) is 0 Å². The number of aryl methyl sites for hydroxylation is 1. The molecule has 1 atom stereocenters. The first-order valence-corrected chi connectivity index (χ1v) is 5.77. The van der Waals surface area contributed by atoms with E-state index in [1.54, 1.807) is 0 Å². The predicted molar refractivity (Wildman–Crippen MR) is 65.1 cm³/mol. The summed E-state index contributed by atoms with van der Waals surface area (Å²) in [4.78, 5) is 0. The van der Waals surface area contributed by atoms with Gasteiger partial charge >= 0.3 is 0 Å². The molecular weight excluding hydrogens is 206 g/mol. The molecule has 2 heteroatoms. The maximum atomic E-state index is 6.20.